The van der Waals surface area contributed by atoms with Gasteiger partial charge >= 0.3 is 0 Å². The minimum atomic E-state index is 0.546. The van der Waals surface area contributed by atoms with Crippen molar-refractivity contribution in [1.82, 2.24) is 15.0 Å². The molecule has 1 aliphatic carbocycles. The van der Waals surface area contributed by atoms with E-state index in [9.17, 15) is 0 Å². The lowest BCUT2D eigenvalue weighted by Crippen LogP contribution is -2.27. The molecule has 2 aromatic heterocycles. The van der Waals surface area contributed by atoms with Gasteiger partial charge in [0.1, 0.15) is 11.3 Å². The van der Waals surface area contributed by atoms with Crippen LogP contribution >= 0.6 is 11.8 Å². The maximum atomic E-state index is 4.52. The summed E-state index contributed by atoms with van der Waals surface area (Å²) >= 11 is 1.99. The van der Waals surface area contributed by atoms with Crippen LogP contribution < -0.4 is 5.32 Å². The number of nitrogens with one attached hydrogen (secondary N) is 1. The van der Waals surface area contributed by atoms with Crippen LogP contribution in [-0.2, 0) is 0 Å². The monoisotopic (exact) mass is 274 g/mol. The third kappa shape index (κ3) is 2.97. The molecule has 1 fully saturated rings. The number of anilines is 1. The van der Waals surface area contributed by atoms with Gasteiger partial charge < -0.3 is 5.32 Å². The fraction of sp³-hybridized carbons (Fsp3) is 0.500. The van der Waals surface area contributed by atoms with E-state index >= 15 is 0 Å². The summed E-state index contributed by atoms with van der Waals surface area (Å²) in [6.45, 7) is 0. The first-order valence-corrected chi connectivity index (χ1v) is 8.01. The van der Waals surface area contributed by atoms with Crippen LogP contribution in [0.3, 0.4) is 0 Å². The standard InChI is InChI=1S/C14H18N4S/c1-19-11-4-2-10(3-5-11)17-13-7-6-12-14(18-13)16-9-8-15-12/h6-11H,2-5H2,1H3,(H,16,17,18). The molecule has 0 bridgehead atoms. The van der Waals surface area contributed by atoms with Crippen LogP contribution in [0.1, 0.15) is 25.7 Å². The minimum absolute atomic E-state index is 0.546. The fourth-order valence-corrected chi connectivity index (χ4v) is 3.33. The Morgan fingerprint density at radius 2 is 1.89 bits per heavy atom. The largest absolute Gasteiger partial charge is 0.367 e. The van der Waals surface area contributed by atoms with Gasteiger partial charge in [0, 0.05) is 23.7 Å². The molecule has 1 aliphatic rings. The number of hydrogen-bond donors (Lipinski definition) is 1. The number of hydrogen-bond acceptors (Lipinski definition) is 5. The van der Waals surface area contributed by atoms with Crippen molar-refractivity contribution in [3.63, 3.8) is 0 Å². The van der Waals surface area contributed by atoms with E-state index in [2.05, 4.69) is 26.5 Å². The summed E-state index contributed by atoms with van der Waals surface area (Å²) in [5, 5.41) is 4.37. The molecule has 4 nitrogen and oxygen atoms in total. The third-order valence-electron chi connectivity index (χ3n) is 3.69. The second-order valence-corrected chi connectivity index (χ2v) is 6.09. The summed E-state index contributed by atoms with van der Waals surface area (Å²) in [7, 11) is 0. The highest BCUT2D eigenvalue weighted by molar-refractivity contribution is 7.99. The van der Waals surface area contributed by atoms with Crippen molar-refractivity contribution in [1.29, 1.82) is 0 Å². The summed E-state index contributed by atoms with van der Waals surface area (Å²) < 4.78 is 0. The Morgan fingerprint density at radius 3 is 2.68 bits per heavy atom. The molecule has 0 aliphatic heterocycles. The van der Waals surface area contributed by atoms with E-state index in [1.54, 1.807) is 12.4 Å². The fourth-order valence-electron chi connectivity index (χ4n) is 2.59. The molecule has 0 unspecified atom stereocenters. The Hall–Kier alpha value is -1.36. The van der Waals surface area contributed by atoms with Gasteiger partial charge in [0.2, 0.25) is 0 Å². The molecule has 0 aromatic carbocycles. The quantitative estimate of drug-likeness (QED) is 0.932. The van der Waals surface area contributed by atoms with Crippen molar-refractivity contribution < 1.29 is 0 Å². The molecule has 0 amide bonds. The van der Waals surface area contributed by atoms with E-state index < -0.39 is 0 Å². The number of thioether (sulfide) groups is 1. The van der Waals surface area contributed by atoms with Crippen LogP contribution in [0.4, 0.5) is 5.82 Å². The van der Waals surface area contributed by atoms with Crippen LogP contribution in [0.5, 0.6) is 0 Å². The van der Waals surface area contributed by atoms with Gasteiger partial charge in [-0.15, -0.1) is 0 Å². The number of aromatic nitrogens is 3. The molecule has 0 saturated heterocycles. The molecule has 2 heterocycles. The smallest absolute Gasteiger partial charge is 0.180 e. The zero-order chi connectivity index (χ0) is 13.1. The highest BCUT2D eigenvalue weighted by Crippen LogP contribution is 2.28. The van der Waals surface area contributed by atoms with Crippen molar-refractivity contribution in [2.45, 2.75) is 37.0 Å². The van der Waals surface area contributed by atoms with Gasteiger partial charge in [-0.3, -0.25) is 4.98 Å². The number of rotatable bonds is 3. The normalized spacial score (nSPS) is 23.4. The first kappa shape index (κ1) is 12.7. The molecule has 19 heavy (non-hydrogen) atoms. The molecule has 0 radical (unpaired) electrons. The average molecular weight is 274 g/mol. The Labute approximate surface area is 117 Å². The topological polar surface area (TPSA) is 50.7 Å². The molecular weight excluding hydrogens is 256 g/mol. The molecule has 3 rings (SSSR count). The van der Waals surface area contributed by atoms with Gasteiger partial charge in [0.05, 0.1) is 0 Å². The van der Waals surface area contributed by atoms with Gasteiger partial charge in [0.15, 0.2) is 5.65 Å². The van der Waals surface area contributed by atoms with E-state index in [1.807, 2.05) is 23.9 Å². The van der Waals surface area contributed by atoms with Gasteiger partial charge in [-0.2, -0.15) is 11.8 Å². The Bertz CT molecular complexity index is 552. The number of pyridine rings is 1. The summed E-state index contributed by atoms with van der Waals surface area (Å²) in [6.07, 6.45) is 10.6. The molecule has 1 N–H and O–H groups in total. The molecule has 100 valence electrons. The van der Waals surface area contributed by atoms with Gasteiger partial charge in [-0.1, -0.05) is 0 Å². The molecule has 1 saturated carbocycles. The Balaban J connectivity index is 1.68. The Kier molecular flexibility index (Phi) is 3.82. The zero-order valence-electron chi connectivity index (χ0n) is 11.0. The van der Waals surface area contributed by atoms with E-state index in [-0.39, 0.29) is 0 Å². The average Bonchev–Trinajstić information content (AvgIpc) is 2.48. The number of fused-ring (bicyclic) bond motifs is 1. The second-order valence-electron chi connectivity index (χ2n) is 4.95. The van der Waals surface area contributed by atoms with Crippen molar-refractivity contribution in [2.75, 3.05) is 11.6 Å². The summed E-state index contributed by atoms with van der Waals surface area (Å²) in [6, 6.07) is 4.52. The van der Waals surface area contributed by atoms with Crippen molar-refractivity contribution >= 4 is 28.7 Å². The lowest BCUT2D eigenvalue weighted by atomic mass is 9.95. The van der Waals surface area contributed by atoms with Crippen LogP contribution in [0.2, 0.25) is 0 Å². The zero-order valence-corrected chi connectivity index (χ0v) is 11.9. The van der Waals surface area contributed by atoms with Crippen molar-refractivity contribution in [2.24, 2.45) is 0 Å². The van der Waals surface area contributed by atoms with Crippen LogP contribution in [0.25, 0.3) is 11.2 Å². The van der Waals surface area contributed by atoms with Crippen molar-refractivity contribution in [3.05, 3.63) is 24.5 Å². The summed E-state index contributed by atoms with van der Waals surface area (Å²) in [5.74, 6) is 0.917. The molecule has 0 atom stereocenters. The van der Waals surface area contributed by atoms with Crippen LogP contribution in [0, 0.1) is 0 Å². The highest BCUT2D eigenvalue weighted by Gasteiger charge is 2.20. The minimum Gasteiger partial charge on any atom is -0.367 e. The predicted octanol–water partition coefficient (Wildman–Crippen LogP) is 3.11. The van der Waals surface area contributed by atoms with Crippen molar-refractivity contribution in [3.8, 4) is 0 Å². The maximum Gasteiger partial charge on any atom is 0.180 e. The van der Waals surface area contributed by atoms with E-state index in [4.69, 9.17) is 0 Å². The summed E-state index contributed by atoms with van der Waals surface area (Å²) in [4.78, 5) is 13.0. The van der Waals surface area contributed by atoms with E-state index in [0.717, 1.165) is 16.6 Å². The third-order valence-corrected chi connectivity index (χ3v) is 4.83. The first-order chi connectivity index (χ1) is 9.35. The van der Waals surface area contributed by atoms with Gasteiger partial charge in [-0.25, -0.2) is 9.97 Å². The summed E-state index contributed by atoms with van der Waals surface area (Å²) in [5.41, 5.74) is 1.56. The van der Waals surface area contributed by atoms with E-state index in [0.29, 0.717) is 11.7 Å². The molecule has 5 heteroatoms. The lowest BCUT2D eigenvalue weighted by molar-refractivity contribution is 0.472. The lowest BCUT2D eigenvalue weighted by Gasteiger charge is -2.28. The predicted molar refractivity (Wildman–Crippen MR) is 80.5 cm³/mol. The number of nitrogens with zero attached hydrogens (tertiary/aromatic N) is 3. The van der Waals surface area contributed by atoms with Crippen LogP contribution in [0.15, 0.2) is 24.5 Å². The van der Waals surface area contributed by atoms with E-state index in [1.165, 1.54) is 25.7 Å². The highest BCUT2D eigenvalue weighted by atomic mass is 32.2. The maximum absolute atomic E-state index is 4.52. The Morgan fingerprint density at radius 1 is 1.11 bits per heavy atom. The first-order valence-electron chi connectivity index (χ1n) is 6.72. The molecule has 2 aromatic rings. The van der Waals surface area contributed by atoms with Crippen LogP contribution in [-0.4, -0.2) is 32.5 Å². The second kappa shape index (κ2) is 5.74. The van der Waals surface area contributed by atoms with Gasteiger partial charge in [-0.05, 0) is 44.1 Å². The SMILES string of the molecule is CSC1CCC(Nc2ccc3nccnc3n2)CC1. The molecule has 0 spiro atoms. The van der Waals surface area contributed by atoms with Gasteiger partial charge in [0.25, 0.3) is 0 Å². The molecular formula is C14H18N4S.